The lowest BCUT2D eigenvalue weighted by molar-refractivity contribution is -0.215. The lowest BCUT2D eigenvalue weighted by atomic mass is 9.41. The fourth-order valence-corrected chi connectivity index (χ4v) is 8.92. The molecule has 4 bridgehead atoms. The number of amides is 1. The van der Waals surface area contributed by atoms with Gasteiger partial charge in [0, 0.05) is 47.8 Å². The number of hydrogen-bond acceptors (Lipinski definition) is 4. The number of rotatable bonds is 9. The highest BCUT2D eigenvalue weighted by atomic mass is 19.4. The molecule has 10 rings (SSSR count). The Kier molecular flexibility index (Phi) is 6.43. The number of fused-ring (bicyclic) bond motifs is 3. The molecule has 45 heavy (non-hydrogen) atoms. The molecule has 0 unspecified atom stereocenters. The van der Waals surface area contributed by atoms with Gasteiger partial charge in [0.2, 0.25) is 5.91 Å². The summed E-state index contributed by atoms with van der Waals surface area (Å²) in [4.78, 5) is 24.9. The Hall–Kier alpha value is -3.49. The zero-order chi connectivity index (χ0) is 31.1. The zero-order valence-corrected chi connectivity index (χ0v) is 25.3. The third kappa shape index (κ3) is 5.30. The first kappa shape index (κ1) is 28.9. The highest BCUT2D eigenvalue weighted by Gasteiger charge is 2.69. The Bertz CT molecular complexity index is 1570. The van der Waals surface area contributed by atoms with Gasteiger partial charge >= 0.3 is 6.18 Å². The van der Waals surface area contributed by atoms with Crippen molar-refractivity contribution in [2.45, 2.75) is 100 Å². The maximum Gasteiger partial charge on any atom is 0.417 e. The molecular weight excluding hydrogens is 580 g/mol. The van der Waals surface area contributed by atoms with Gasteiger partial charge in [0.15, 0.2) is 0 Å². The van der Waals surface area contributed by atoms with E-state index in [0.717, 1.165) is 73.7 Å². The van der Waals surface area contributed by atoms with Crippen LogP contribution in [0.2, 0.25) is 0 Å². The third-order valence-corrected chi connectivity index (χ3v) is 11.7. The van der Waals surface area contributed by atoms with Crippen molar-refractivity contribution in [3.8, 4) is 0 Å². The van der Waals surface area contributed by atoms with E-state index in [0.29, 0.717) is 38.1 Å². The van der Waals surface area contributed by atoms with Crippen LogP contribution < -0.4 is 10.2 Å². The molecule has 1 N–H and O–H groups in total. The average Bonchev–Trinajstić information content (AvgIpc) is 3.86. The Balaban J connectivity index is 1.01. The molecule has 2 aromatic heterocycles. The second kappa shape index (κ2) is 10.0. The van der Waals surface area contributed by atoms with Crippen molar-refractivity contribution in [1.82, 2.24) is 9.97 Å². The number of nitrogens with zero attached hydrogens (tertiary/aromatic N) is 3. The quantitative estimate of drug-likeness (QED) is 0.243. The van der Waals surface area contributed by atoms with Gasteiger partial charge in [0.05, 0.1) is 5.56 Å². The van der Waals surface area contributed by atoms with Crippen molar-refractivity contribution < 1.29 is 22.4 Å². The van der Waals surface area contributed by atoms with Crippen LogP contribution >= 0.6 is 0 Å². The minimum absolute atomic E-state index is 0.0435. The summed E-state index contributed by atoms with van der Waals surface area (Å²) in [6.07, 6.45) is 7.92. The Morgan fingerprint density at radius 1 is 0.889 bits per heavy atom. The van der Waals surface area contributed by atoms with Crippen LogP contribution in [0, 0.1) is 10.8 Å². The molecule has 7 aliphatic carbocycles. The van der Waals surface area contributed by atoms with Gasteiger partial charge in [-0.2, -0.15) is 13.2 Å². The summed E-state index contributed by atoms with van der Waals surface area (Å²) in [6.45, 7) is 0.580. The van der Waals surface area contributed by atoms with E-state index in [2.05, 4.69) is 21.4 Å². The summed E-state index contributed by atoms with van der Waals surface area (Å²) in [5.41, 5.74) is 1.42. The van der Waals surface area contributed by atoms with Gasteiger partial charge in [-0.15, -0.1) is 0 Å². The number of carbonyl (C=O) groups excluding carboxylic acids is 1. The number of anilines is 3. The van der Waals surface area contributed by atoms with Crippen LogP contribution in [0.25, 0.3) is 0 Å². The van der Waals surface area contributed by atoms with Crippen LogP contribution in [0.15, 0.2) is 60.9 Å². The zero-order valence-electron chi connectivity index (χ0n) is 25.3. The smallest absolute Gasteiger partial charge is 0.340 e. The normalized spacial score (nSPS) is 31.6. The molecule has 2 heterocycles. The molecule has 0 spiro atoms. The van der Waals surface area contributed by atoms with E-state index in [-0.39, 0.29) is 22.2 Å². The molecule has 9 heteroatoms. The number of hydrogen-bond donors (Lipinski definition) is 1. The third-order valence-electron chi connectivity index (χ3n) is 11.7. The van der Waals surface area contributed by atoms with E-state index in [1.54, 1.807) is 6.07 Å². The Labute approximate surface area is 260 Å². The molecule has 1 amide bonds. The molecule has 236 valence electrons. The number of aromatic nitrogens is 2. The second-order valence-electron chi connectivity index (χ2n) is 15.0. The monoisotopic (exact) mass is 618 g/mol. The van der Waals surface area contributed by atoms with E-state index >= 15 is 0 Å². The number of benzene rings is 1. The standard InChI is InChI=1S/C36H38F4N4O/c37-35-20-33(21-35,22-35)17-31(45)44(28-3-1-2-27(16-28)43-30-9-6-25(18-42-30)24-4-5-24)23-32-10-13-34(14-11-32,15-12-32)29-8-7-26(19-41-29)36(38,39)40/h1-3,6-9,16,18-19,24H,4-5,10-15,17,20-23H2,(H,42,43). The molecule has 7 saturated carbocycles. The SMILES string of the molecule is O=C(CC12CC(F)(C1)C2)N(CC12CCC(c3ccc(C(F)(F)F)cn3)(CC1)CC2)c1cccc(Nc2ccc(C3CC3)cn2)c1. The van der Waals surface area contributed by atoms with Crippen LogP contribution in [0.4, 0.5) is 34.8 Å². The van der Waals surface area contributed by atoms with Crippen LogP contribution in [-0.4, -0.2) is 28.1 Å². The fraction of sp³-hybridized carbons (Fsp3) is 0.528. The maximum atomic E-state index is 14.4. The van der Waals surface area contributed by atoms with Gasteiger partial charge in [-0.3, -0.25) is 9.78 Å². The van der Waals surface area contributed by atoms with Crippen LogP contribution in [0.5, 0.6) is 0 Å². The molecule has 0 atom stereocenters. The van der Waals surface area contributed by atoms with Gasteiger partial charge in [-0.1, -0.05) is 12.1 Å². The average molecular weight is 619 g/mol. The lowest BCUT2D eigenvalue weighted by Crippen LogP contribution is -2.65. The van der Waals surface area contributed by atoms with Crippen molar-refractivity contribution in [3.63, 3.8) is 0 Å². The highest BCUT2D eigenvalue weighted by Crippen LogP contribution is 2.71. The van der Waals surface area contributed by atoms with Crippen molar-refractivity contribution in [3.05, 3.63) is 77.7 Å². The van der Waals surface area contributed by atoms with Crippen LogP contribution in [-0.2, 0) is 16.4 Å². The molecule has 7 fully saturated rings. The summed E-state index contributed by atoms with van der Waals surface area (Å²) in [7, 11) is 0. The molecule has 0 saturated heterocycles. The number of alkyl halides is 4. The summed E-state index contributed by atoms with van der Waals surface area (Å²) < 4.78 is 53.8. The highest BCUT2D eigenvalue weighted by molar-refractivity contribution is 5.95. The molecular formula is C36H38F4N4O. The molecule has 7 aliphatic rings. The minimum atomic E-state index is -4.40. The molecule has 5 nitrogen and oxygen atoms in total. The predicted octanol–water partition coefficient (Wildman–Crippen LogP) is 9.02. The maximum absolute atomic E-state index is 14.4. The van der Waals surface area contributed by atoms with Gasteiger partial charge in [-0.25, -0.2) is 9.37 Å². The number of carbonyl (C=O) groups is 1. The van der Waals surface area contributed by atoms with Crippen molar-refractivity contribution in [2.75, 3.05) is 16.8 Å². The lowest BCUT2D eigenvalue weighted by Gasteiger charge is -2.66. The summed E-state index contributed by atoms with van der Waals surface area (Å²) in [6, 6.07) is 14.7. The van der Waals surface area contributed by atoms with E-state index < -0.39 is 17.4 Å². The van der Waals surface area contributed by atoms with E-state index in [9.17, 15) is 22.4 Å². The fourth-order valence-electron chi connectivity index (χ4n) is 8.92. The molecule has 1 aromatic carbocycles. The summed E-state index contributed by atoms with van der Waals surface area (Å²) in [5, 5.41) is 3.40. The number of pyridine rings is 2. The number of halogens is 4. The first-order valence-corrected chi connectivity index (χ1v) is 16.3. The van der Waals surface area contributed by atoms with Crippen molar-refractivity contribution in [2.24, 2.45) is 10.8 Å². The topological polar surface area (TPSA) is 58.1 Å². The molecule has 0 radical (unpaired) electrons. The minimum Gasteiger partial charge on any atom is -0.340 e. The van der Waals surface area contributed by atoms with Crippen molar-refractivity contribution in [1.29, 1.82) is 0 Å². The first-order chi connectivity index (χ1) is 21.5. The Morgan fingerprint density at radius 3 is 2.20 bits per heavy atom. The predicted molar refractivity (Wildman–Crippen MR) is 164 cm³/mol. The molecule has 3 aromatic rings. The second-order valence-corrected chi connectivity index (χ2v) is 15.0. The van der Waals surface area contributed by atoms with Gasteiger partial charge in [0.1, 0.15) is 11.5 Å². The molecule has 0 aliphatic heterocycles. The number of nitrogens with one attached hydrogen (secondary N) is 1. The summed E-state index contributed by atoms with van der Waals surface area (Å²) in [5.74, 6) is 1.43. The summed E-state index contributed by atoms with van der Waals surface area (Å²) >= 11 is 0. The first-order valence-electron chi connectivity index (χ1n) is 16.3. The van der Waals surface area contributed by atoms with Gasteiger partial charge in [-0.05, 0) is 129 Å². The van der Waals surface area contributed by atoms with Crippen LogP contribution in [0.1, 0.15) is 99.8 Å². The largest absolute Gasteiger partial charge is 0.417 e. The van der Waals surface area contributed by atoms with Crippen LogP contribution in [0.3, 0.4) is 0 Å². The Morgan fingerprint density at radius 2 is 1.62 bits per heavy atom. The van der Waals surface area contributed by atoms with E-state index in [1.165, 1.54) is 18.4 Å². The van der Waals surface area contributed by atoms with Crippen molar-refractivity contribution >= 4 is 23.1 Å². The van der Waals surface area contributed by atoms with E-state index in [1.807, 2.05) is 41.4 Å². The van der Waals surface area contributed by atoms with Gasteiger partial charge < -0.3 is 10.2 Å². The van der Waals surface area contributed by atoms with E-state index in [4.69, 9.17) is 0 Å². The van der Waals surface area contributed by atoms with Gasteiger partial charge in [0.25, 0.3) is 0 Å².